The van der Waals surface area contributed by atoms with Crippen LogP contribution in [0.5, 0.6) is 5.19 Å². The van der Waals surface area contributed by atoms with Gasteiger partial charge in [-0.25, -0.2) is 0 Å². The van der Waals surface area contributed by atoms with E-state index >= 15 is 0 Å². The maximum atomic E-state index is 10.2. The first-order chi connectivity index (χ1) is 5.18. The summed E-state index contributed by atoms with van der Waals surface area (Å²) in [7, 11) is 0. The molecule has 0 spiro atoms. The summed E-state index contributed by atoms with van der Waals surface area (Å²) in [6.45, 7) is 1.64. The fourth-order valence-electron chi connectivity index (χ4n) is 0.455. The van der Waals surface area contributed by atoms with Crippen LogP contribution in [-0.2, 0) is 4.79 Å². The van der Waals surface area contributed by atoms with Crippen LogP contribution in [0.15, 0.2) is 0 Å². The fraction of sp³-hybridized carbons (Fsp3) is 0.400. The monoisotopic (exact) mass is 192 g/mol. The zero-order valence-electron chi connectivity index (χ0n) is 5.70. The van der Waals surface area contributed by atoms with E-state index in [1.165, 1.54) is 11.3 Å². The predicted molar refractivity (Wildman–Crippen MR) is 41.0 cm³/mol. The number of aryl methyl sites for hydroxylation is 1. The van der Waals surface area contributed by atoms with E-state index in [0.29, 0.717) is 5.19 Å². The molecule has 0 saturated heterocycles. The molecule has 0 atom stereocenters. The Morgan fingerprint density at radius 3 is 2.91 bits per heavy atom. The minimum absolute atomic E-state index is 0.157. The Morgan fingerprint density at radius 1 is 1.73 bits per heavy atom. The average Bonchev–Trinajstić information content (AvgIpc) is 2.31. The number of hydrogen-bond acceptors (Lipinski definition) is 5. The number of ether oxygens (including phenoxy) is 1. The van der Waals surface area contributed by atoms with Gasteiger partial charge in [-0.15, -0.1) is 10.2 Å². The van der Waals surface area contributed by atoms with Gasteiger partial charge in [-0.05, 0) is 18.5 Å². The van der Waals surface area contributed by atoms with Gasteiger partial charge in [-0.1, -0.05) is 11.3 Å². The molecule has 1 aromatic heterocycles. The second kappa shape index (κ2) is 3.64. The first-order valence-corrected chi connectivity index (χ1v) is 3.99. The lowest BCUT2D eigenvalue weighted by Gasteiger charge is -1.93. The summed E-state index contributed by atoms with van der Waals surface area (Å²) in [5.74, 6) is 0. The molecule has 0 bridgehead atoms. The van der Waals surface area contributed by atoms with Crippen molar-refractivity contribution in [1.82, 2.24) is 10.2 Å². The van der Waals surface area contributed by atoms with Crippen LogP contribution in [0.1, 0.15) is 5.01 Å². The number of carbonyl (C=O) groups is 1. The molecule has 60 valence electrons. The van der Waals surface area contributed by atoms with Gasteiger partial charge in [0.15, 0.2) is 6.61 Å². The molecule has 0 aliphatic carbocycles. The van der Waals surface area contributed by atoms with Crippen LogP contribution in [0, 0.1) is 6.92 Å². The average molecular weight is 193 g/mol. The SMILES string of the molecule is Cc1nnc(OCC(=O)Cl)s1. The van der Waals surface area contributed by atoms with Crippen LogP contribution in [0.3, 0.4) is 0 Å². The molecule has 0 aromatic carbocycles. The highest BCUT2D eigenvalue weighted by Crippen LogP contribution is 2.16. The summed E-state index contributed by atoms with van der Waals surface area (Å²) in [5.41, 5.74) is 0. The van der Waals surface area contributed by atoms with Crippen molar-refractivity contribution in [1.29, 1.82) is 0 Å². The highest BCUT2D eigenvalue weighted by molar-refractivity contribution is 7.12. The summed E-state index contributed by atoms with van der Waals surface area (Å²) >= 11 is 6.30. The number of nitrogens with zero attached hydrogens (tertiary/aromatic N) is 2. The maximum Gasteiger partial charge on any atom is 0.294 e. The predicted octanol–water partition coefficient (Wildman–Crippen LogP) is 0.991. The zero-order valence-corrected chi connectivity index (χ0v) is 7.28. The molecule has 1 heterocycles. The van der Waals surface area contributed by atoms with Crippen molar-refractivity contribution >= 4 is 28.2 Å². The minimum Gasteiger partial charge on any atom is -0.460 e. The van der Waals surface area contributed by atoms with Gasteiger partial charge in [0.05, 0.1) is 0 Å². The van der Waals surface area contributed by atoms with Gasteiger partial charge in [0.2, 0.25) is 0 Å². The Morgan fingerprint density at radius 2 is 2.45 bits per heavy atom. The molecular formula is C5H5ClN2O2S. The number of halogens is 1. The summed E-state index contributed by atoms with van der Waals surface area (Å²) in [5, 5.41) is 7.93. The Labute approximate surface area is 72.2 Å². The van der Waals surface area contributed by atoms with Crippen molar-refractivity contribution in [2.45, 2.75) is 6.92 Å². The van der Waals surface area contributed by atoms with Gasteiger partial charge in [0, 0.05) is 0 Å². The second-order valence-corrected chi connectivity index (χ2v) is 3.30. The van der Waals surface area contributed by atoms with Crippen LogP contribution < -0.4 is 4.74 Å². The standard InChI is InChI=1S/C5H5ClN2O2S/c1-3-7-8-5(11-3)10-2-4(6)9/h2H2,1H3. The van der Waals surface area contributed by atoms with Gasteiger partial charge < -0.3 is 4.74 Å². The van der Waals surface area contributed by atoms with Crippen LogP contribution in [0.2, 0.25) is 0 Å². The first-order valence-electron chi connectivity index (χ1n) is 2.79. The van der Waals surface area contributed by atoms with Crippen molar-refractivity contribution in [3.05, 3.63) is 5.01 Å². The van der Waals surface area contributed by atoms with Gasteiger partial charge in [-0.3, -0.25) is 4.79 Å². The molecular weight excluding hydrogens is 188 g/mol. The summed E-state index contributed by atoms with van der Waals surface area (Å²) in [6.07, 6.45) is 0. The third kappa shape index (κ3) is 2.81. The smallest absolute Gasteiger partial charge is 0.294 e. The number of hydrogen-bond donors (Lipinski definition) is 0. The highest BCUT2D eigenvalue weighted by atomic mass is 35.5. The topological polar surface area (TPSA) is 52.1 Å². The first kappa shape index (κ1) is 8.42. The quantitative estimate of drug-likeness (QED) is 0.671. The van der Waals surface area contributed by atoms with E-state index in [1.54, 1.807) is 6.92 Å². The van der Waals surface area contributed by atoms with Crippen LogP contribution >= 0.6 is 22.9 Å². The molecule has 11 heavy (non-hydrogen) atoms. The third-order valence-electron chi connectivity index (χ3n) is 0.817. The van der Waals surface area contributed by atoms with E-state index in [4.69, 9.17) is 16.3 Å². The van der Waals surface area contributed by atoms with Crippen LogP contribution in [0.25, 0.3) is 0 Å². The Hall–Kier alpha value is -0.680. The highest BCUT2D eigenvalue weighted by Gasteiger charge is 2.02. The van der Waals surface area contributed by atoms with Gasteiger partial charge in [0.1, 0.15) is 5.01 Å². The fourth-order valence-corrected chi connectivity index (χ4v) is 1.04. The van der Waals surface area contributed by atoms with Gasteiger partial charge in [0.25, 0.3) is 10.4 Å². The summed E-state index contributed by atoms with van der Waals surface area (Å²) < 4.78 is 4.85. The van der Waals surface area contributed by atoms with Crippen molar-refractivity contribution in [3.8, 4) is 5.19 Å². The largest absolute Gasteiger partial charge is 0.460 e. The normalized spacial score (nSPS) is 9.64. The Bertz CT molecular complexity index is 263. The molecule has 0 radical (unpaired) electrons. The van der Waals surface area contributed by atoms with E-state index in [1.807, 2.05) is 0 Å². The van der Waals surface area contributed by atoms with Crippen LogP contribution in [0.4, 0.5) is 0 Å². The molecule has 0 N–H and O–H groups in total. The van der Waals surface area contributed by atoms with Gasteiger partial charge in [-0.2, -0.15) is 0 Å². The molecule has 0 fully saturated rings. The van der Waals surface area contributed by atoms with E-state index in [9.17, 15) is 4.79 Å². The molecule has 0 amide bonds. The molecule has 1 aromatic rings. The lowest BCUT2D eigenvalue weighted by molar-refractivity contribution is -0.113. The third-order valence-corrected chi connectivity index (χ3v) is 1.68. The van der Waals surface area contributed by atoms with Crippen molar-refractivity contribution in [2.24, 2.45) is 0 Å². The number of carbonyl (C=O) groups excluding carboxylic acids is 1. The minimum atomic E-state index is -0.544. The lowest BCUT2D eigenvalue weighted by atomic mass is 10.8. The second-order valence-electron chi connectivity index (χ2n) is 1.73. The molecule has 0 saturated carbocycles. The molecule has 0 unspecified atom stereocenters. The lowest BCUT2D eigenvalue weighted by Crippen LogP contribution is -2.03. The summed E-state index contributed by atoms with van der Waals surface area (Å²) in [4.78, 5) is 10.2. The zero-order chi connectivity index (χ0) is 8.27. The Balaban J connectivity index is 2.45. The Kier molecular flexibility index (Phi) is 2.78. The van der Waals surface area contributed by atoms with Crippen molar-refractivity contribution in [3.63, 3.8) is 0 Å². The molecule has 4 nitrogen and oxygen atoms in total. The maximum absolute atomic E-state index is 10.2. The molecule has 6 heteroatoms. The van der Waals surface area contributed by atoms with E-state index in [2.05, 4.69) is 10.2 Å². The van der Waals surface area contributed by atoms with Gasteiger partial charge >= 0.3 is 0 Å². The van der Waals surface area contributed by atoms with Crippen LogP contribution in [-0.4, -0.2) is 22.0 Å². The molecule has 0 aliphatic rings. The van der Waals surface area contributed by atoms with E-state index in [0.717, 1.165) is 5.01 Å². The molecule has 1 rings (SSSR count). The summed E-state index contributed by atoms with van der Waals surface area (Å²) in [6, 6.07) is 0. The number of aromatic nitrogens is 2. The van der Waals surface area contributed by atoms with E-state index in [-0.39, 0.29) is 6.61 Å². The van der Waals surface area contributed by atoms with E-state index < -0.39 is 5.24 Å². The van der Waals surface area contributed by atoms with Crippen molar-refractivity contribution in [2.75, 3.05) is 6.61 Å². The van der Waals surface area contributed by atoms with Crippen molar-refractivity contribution < 1.29 is 9.53 Å². The number of rotatable bonds is 3. The molecule has 0 aliphatic heterocycles.